The van der Waals surface area contributed by atoms with Crippen molar-refractivity contribution in [1.82, 2.24) is 10.2 Å². The number of para-hydroxylation sites is 1. The zero-order chi connectivity index (χ0) is 23.1. The Hall–Kier alpha value is -3.02. The molecule has 0 bridgehead atoms. The molecule has 1 aliphatic heterocycles. The Morgan fingerprint density at radius 2 is 1.66 bits per heavy atom. The summed E-state index contributed by atoms with van der Waals surface area (Å²) in [6.07, 6.45) is 2.32. The lowest BCUT2D eigenvalue weighted by atomic mass is 10.0. The molecule has 2 aromatic carbocycles. The molecule has 1 aliphatic rings. The first-order valence-electron chi connectivity index (χ1n) is 11.4. The van der Waals surface area contributed by atoms with Gasteiger partial charge < -0.3 is 19.7 Å². The minimum Gasteiger partial charge on any atom is -0.483 e. The van der Waals surface area contributed by atoms with Gasteiger partial charge in [-0.3, -0.25) is 9.59 Å². The number of hydrogen-bond acceptors (Lipinski definition) is 4. The summed E-state index contributed by atoms with van der Waals surface area (Å²) in [7, 11) is 0. The van der Waals surface area contributed by atoms with E-state index in [-0.39, 0.29) is 31.1 Å². The van der Waals surface area contributed by atoms with Crippen LogP contribution in [-0.2, 0) is 16.0 Å². The molecule has 0 atom stereocenters. The molecular weight excluding hydrogens is 404 g/mol. The van der Waals surface area contributed by atoms with Crippen molar-refractivity contribution >= 4 is 11.8 Å². The third kappa shape index (κ3) is 6.02. The van der Waals surface area contributed by atoms with Crippen LogP contribution in [0.1, 0.15) is 42.0 Å². The van der Waals surface area contributed by atoms with E-state index in [2.05, 4.69) is 18.3 Å². The number of piperidine rings is 1. The van der Waals surface area contributed by atoms with Gasteiger partial charge in [-0.15, -0.1) is 0 Å². The average molecular weight is 439 g/mol. The summed E-state index contributed by atoms with van der Waals surface area (Å²) in [6.45, 7) is 9.34. The van der Waals surface area contributed by atoms with Gasteiger partial charge in [-0.2, -0.15) is 0 Å². The number of carbonyl (C=O) groups is 2. The SMILES string of the molecule is CCc1ccccc1OCC(=O)N1CCC(NC(=O)COc2c(C)ccc(C)c2C)CC1. The standard InChI is InChI=1S/C26H34N2O4/c1-5-21-8-6-7-9-23(21)31-17-25(30)28-14-12-22(13-15-28)27-24(29)16-32-26-19(3)11-10-18(2)20(26)4/h6-11,22H,5,12-17H2,1-4H3,(H,27,29). The molecule has 2 amide bonds. The maximum Gasteiger partial charge on any atom is 0.260 e. The first-order valence-corrected chi connectivity index (χ1v) is 11.4. The maximum absolute atomic E-state index is 12.5. The van der Waals surface area contributed by atoms with E-state index in [1.807, 2.05) is 56.0 Å². The van der Waals surface area contributed by atoms with E-state index in [1.54, 1.807) is 0 Å². The number of benzene rings is 2. The predicted octanol–water partition coefficient (Wildman–Crippen LogP) is 3.74. The third-order valence-corrected chi connectivity index (χ3v) is 6.14. The Balaban J connectivity index is 1.41. The van der Waals surface area contributed by atoms with Gasteiger partial charge in [0.15, 0.2) is 13.2 Å². The first kappa shape index (κ1) is 23.6. The topological polar surface area (TPSA) is 67.9 Å². The van der Waals surface area contributed by atoms with E-state index in [0.29, 0.717) is 13.1 Å². The van der Waals surface area contributed by atoms with Crippen molar-refractivity contribution in [2.24, 2.45) is 0 Å². The second-order valence-corrected chi connectivity index (χ2v) is 8.41. The summed E-state index contributed by atoms with van der Waals surface area (Å²) in [5, 5.41) is 3.04. The predicted molar refractivity (Wildman–Crippen MR) is 125 cm³/mol. The van der Waals surface area contributed by atoms with Crippen LogP contribution in [0.15, 0.2) is 36.4 Å². The van der Waals surface area contributed by atoms with Crippen LogP contribution in [0.5, 0.6) is 11.5 Å². The molecule has 0 spiro atoms. The van der Waals surface area contributed by atoms with E-state index in [0.717, 1.165) is 53.0 Å². The number of amides is 2. The van der Waals surface area contributed by atoms with Gasteiger partial charge in [0.1, 0.15) is 11.5 Å². The van der Waals surface area contributed by atoms with Crippen molar-refractivity contribution in [2.45, 2.75) is 53.0 Å². The van der Waals surface area contributed by atoms with Crippen LogP contribution in [0.25, 0.3) is 0 Å². The number of aryl methyl sites for hydroxylation is 3. The highest BCUT2D eigenvalue weighted by Gasteiger charge is 2.24. The molecule has 2 aromatic rings. The summed E-state index contributed by atoms with van der Waals surface area (Å²) in [4.78, 5) is 26.7. The van der Waals surface area contributed by atoms with Crippen LogP contribution in [0.3, 0.4) is 0 Å². The number of nitrogens with zero attached hydrogens (tertiary/aromatic N) is 1. The smallest absolute Gasteiger partial charge is 0.260 e. The minimum atomic E-state index is -0.130. The number of ether oxygens (including phenoxy) is 2. The van der Waals surface area contributed by atoms with Crippen molar-refractivity contribution in [1.29, 1.82) is 0 Å². The van der Waals surface area contributed by atoms with E-state index in [9.17, 15) is 9.59 Å². The van der Waals surface area contributed by atoms with Gasteiger partial charge in [-0.05, 0) is 68.4 Å². The van der Waals surface area contributed by atoms with Crippen LogP contribution in [-0.4, -0.2) is 49.1 Å². The molecule has 0 aliphatic carbocycles. The molecule has 1 fully saturated rings. The van der Waals surface area contributed by atoms with Gasteiger partial charge >= 0.3 is 0 Å². The number of carbonyl (C=O) groups excluding carboxylic acids is 2. The third-order valence-electron chi connectivity index (χ3n) is 6.14. The van der Waals surface area contributed by atoms with Gasteiger partial charge in [0.05, 0.1) is 0 Å². The van der Waals surface area contributed by atoms with E-state index >= 15 is 0 Å². The fraction of sp³-hybridized carbons (Fsp3) is 0.462. The molecule has 172 valence electrons. The summed E-state index contributed by atoms with van der Waals surface area (Å²) in [5.41, 5.74) is 4.33. The molecule has 32 heavy (non-hydrogen) atoms. The number of nitrogens with one attached hydrogen (secondary N) is 1. The molecule has 0 saturated carbocycles. The zero-order valence-corrected chi connectivity index (χ0v) is 19.6. The van der Waals surface area contributed by atoms with Crippen LogP contribution < -0.4 is 14.8 Å². The molecule has 1 N–H and O–H groups in total. The lowest BCUT2D eigenvalue weighted by molar-refractivity contribution is -0.134. The molecule has 0 radical (unpaired) electrons. The fourth-order valence-corrected chi connectivity index (χ4v) is 4.00. The summed E-state index contributed by atoms with van der Waals surface area (Å²) >= 11 is 0. The average Bonchev–Trinajstić information content (AvgIpc) is 2.80. The fourth-order valence-electron chi connectivity index (χ4n) is 4.00. The number of likely N-dealkylation sites (tertiary alicyclic amines) is 1. The van der Waals surface area contributed by atoms with Crippen molar-refractivity contribution in [2.75, 3.05) is 26.3 Å². The van der Waals surface area contributed by atoms with Gasteiger partial charge in [0.25, 0.3) is 11.8 Å². The monoisotopic (exact) mass is 438 g/mol. The van der Waals surface area contributed by atoms with Crippen LogP contribution in [0.2, 0.25) is 0 Å². The molecule has 0 unspecified atom stereocenters. The lowest BCUT2D eigenvalue weighted by Gasteiger charge is -2.32. The Bertz CT molecular complexity index is 949. The Kier molecular flexibility index (Phi) is 8.14. The Labute approximate surface area is 190 Å². The highest BCUT2D eigenvalue weighted by atomic mass is 16.5. The molecule has 6 nitrogen and oxygen atoms in total. The van der Waals surface area contributed by atoms with E-state index in [4.69, 9.17) is 9.47 Å². The van der Waals surface area contributed by atoms with Gasteiger partial charge in [-0.25, -0.2) is 0 Å². The van der Waals surface area contributed by atoms with Crippen LogP contribution in [0, 0.1) is 20.8 Å². The second kappa shape index (κ2) is 11.0. The lowest BCUT2D eigenvalue weighted by Crippen LogP contribution is -2.48. The quantitative estimate of drug-likeness (QED) is 0.682. The van der Waals surface area contributed by atoms with Gasteiger partial charge in [-0.1, -0.05) is 37.3 Å². The van der Waals surface area contributed by atoms with Gasteiger partial charge in [0, 0.05) is 19.1 Å². The maximum atomic E-state index is 12.5. The molecule has 1 saturated heterocycles. The largest absolute Gasteiger partial charge is 0.483 e. The summed E-state index contributed by atoms with van der Waals surface area (Å²) in [6, 6.07) is 11.9. The highest BCUT2D eigenvalue weighted by Crippen LogP contribution is 2.25. The molecule has 0 aromatic heterocycles. The summed E-state index contributed by atoms with van der Waals surface area (Å²) in [5.74, 6) is 1.40. The number of hydrogen-bond donors (Lipinski definition) is 1. The molecule has 6 heteroatoms. The van der Waals surface area contributed by atoms with Gasteiger partial charge in [0.2, 0.25) is 0 Å². The van der Waals surface area contributed by atoms with Crippen molar-refractivity contribution in [3.05, 3.63) is 58.7 Å². The molecular formula is C26H34N2O4. The Morgan fingerprint density at radius 1 is 0.969 bits per heavy atom. The van der Waals surface area contributed by atoms with E-state index < -0.39 is 0 Å². The molecule has 1 heterocycles. The van der Waals surface area contributed by atoms with Crippen LogP contribution in [0.4, 0.5) is 0 Å². The second-order valence-electron chi connectivity index (χ2n) is 8.41. The van der Waals surface area contributed by atoms with E-state index in [1.165, 1.54) is 0 Å². The first-order chi connectivity index (χ1) is 15.4. The zero-order valence-electron chi connectivity index (χ0n) is 19.6. The normalized spacial score (nSPS) is 14.2. The van der Waals surface area contributed by atoms with Crippen LogP contribution >= 0.6 is 0 Å². The number of rotatable bonds is 8. The highest BCUT2D eigenvalue weighted by molar-refractivity contribution is 5.79. The molecule has 3 rings (SSSR count). The van der Waals surface area contributed by atoms with Crippen molar-refractivity contribution in [3.63, 3.8) is 0 Å². The van der Waals surface area contributed by atoms with Crippen molar-refractivity contribution in [3.8, 4) is 11.5 Å². The minimum absolute atomic E-state index is 0.00500. The summed E-state index contributed by atoms with van der Waals surface area (Å²) < 4.78 is 11.6. The van der Waals surface area contributed by atoms with Crippen molar-refractivity contribution < 1.29 is 19.1 Å². The Morgan fingerprint density at radius 3 is 2.38 bits per heavy atom.